The number of nitrogens with one attached hydrogen (secondary N) is 2. The van der Waals surface area contributed by atoms with E-state index < -0.39 is 10.0 Å². The standard InChI is InChI=1S/C14H24N2O2S2/c1-2-15-10-13-9-14(11-19-13)20(17,18)16-12-7-5-3-4-6-8-12/h9,11-12,15-16H,2-8,10H2,1H3. The zero-order valence-electron chi connectivity index (χ0n) is 12.0. The Balaban J connectivity index is 1.99. The summed E-state index contributed by atoms with van der Waals surface area (Å²) in [6.07, 6.45) is 6.64. The lowest BCUT2D eigenvalue weighted by Gasteiger charge is -2.15. The summed E-state index contributed by atoms with van der Waals surface area (Å²) in [6, 6.07) is 1.89. The highest BCUT2D eigenvalue weighted by atomic mass is 32.2. The van der Waals surface area contributed by atoms with E-state index >= 15 is 0 Å². The van der Waals surface area contributed by atoms with Crippen molar-refractivity contribution in [2.24, 2.45) is 0 Å². The van der Waals surface area contributed by atoms with Gasteiger partial charge in [0.05, 0.1) is 4.90 Å². The van der Waals surface area contributed by atoms with Crippen molar-refractivity contribution in [1.82, 2.24) is 10.0 Å². The van der Waals surface area contributed by atoms with Crippen LogP contribution in [0.1, 0.15) is 50.3 Å². The molecular weight excluding hydrogens is 292 g/mol. The number of hydrogen-bond acceptors (Lipinski definition) is 4. The Morgan fingerprint density at radius 3 is 2.60 bits per heavy atom. The molecule has 0 unspecified atom stereocenters. The van der Waals surface area contributed by atoms with E-state index in [1.54, 1.807) is 11.4 Å². The summed E-state index contributed by atoms with van der Waals surface area (Å²) in [6.45, 7) is 3.67. The number of thiophene rings is 1. The summed E-state index contributed by atoms with van der Waals surface area (Å²) in [7, 11) is -3.35. The molecule has 1 aliphatic carbocycles. The van der Waals surface area contributed by atoms with Crippen LogP contribution in [0.2, 0.25) is 0 Å². The normalized spacial score (nSPS) is 18.1. The first-order valence-electron chi connectivity index (χ1n) is 7.42. The summed E-state index contributed by atoms with van der Waals surface area (Å²) in [5.74, 6) is 0. The van der Waals surface area contributed by atoms with E-state index in [1.165, 1.54) is 24.2 Å². The van der Waals surface area contributed by atoms with Crippen LogP contribution in [-0.4, -0.2) is 21.0 Å². The predicted octanol–water partition coefficient (Wildman–Crippen LogP) is 2.86. The minimum Gasteiger partial charge on any atom is -0.312 e. The Bertz CT molecular complexity index is 503. The predicted molar refractivity (Wildman–Crippen MR) is 83.5 cm³/mol. The third-order valence-corrected chi connectivity index (χ3v) is 6.25. The molecule has 1 aliphatic rings. The molecule has 0 bridgehead atoms. The molecule has 0 radical (unpaired) electrons. The Kier molecular flexibility index (Phi) is 6.01. The molecule has 1 saturated carbocycles. The second kappa shape index (κ2) is 7.54. The quantitative estimate of drug-likeness (QED) is 0.793. The maximum Gasteiger partial charge on any atom is 0.241 e. The highest BCUT2D eigenvalue weighted by Gasteiger charge is 2.22. The lowest BCUT2D eigenvalue weighted by Crippen LogP contribution is -2.34. The van der Waals surface area contributed by atoms with Gasteiger partial charge in [-0.1, -0.05) is 32.6 Å². The largest absolute Gasteiger partial charge is 0.312 e. The van der Waals surface area contributed by atoms with Gasteiger partial charge in [0.25, 0.3) is 0 Å². The molecule has 4 nitrogen and oxygen atoms in total. The van der Waals surface area contributed by atoms with Gasteiger partial charge in [0, 0.05) is 22.8 Å². The maximum atomic E-state index is 12.4. The van der Waals surface area contributed by atoms with E-state index in [1.807, 2.05) is 6.92 Å². The molecule has 1 fully saturated rings. The van der Waals surface area contributed by atoms with E-state index in [0.29, 0.717) is 4.90 Å². The highest BCUT2D eigenvalue weighted by Crippen LogP contribution is 2.22. The second-order valence-electron chi connectivity index (χ2n) is 5.34. The number of sulfonamides is 1. The van der Waals surface area contributed by atoms with Gasteiger partial charge in [-0.15, -0.1) is 11.3 Å². The molecule has 0 aliphatic heterocycles. The lowest BCUT2D eigenvalue weighted by atomic mass is 10.1. The van der Waals surface area contributed by atoms with Crippen molar-refractivity contribution in [3.63, 3.8) is 0 Å². The SMILES string of the molecule is CCNCc1cc(S(=O)(=O)NC2CCCCCC2)cs1. The van der Waals surface area contributed by atoms with Crippen LogP contribution in [0.3, 0.4) is 0 Å². The summed E-state index contributed by atoms with van der Waals surface area (Å²) >= 11 is 1.50. The van der Waals surface area contributed by atoms with Crippen LogP contribution in [0.25, 0.3) is 0 Å². The van der Waals surface area contributed by atoms with Gasteiger partial charge in [-0.05, 0) is 25.5 Å². The summed E-state index contributed by atoms with van der Waals surface area (Å²) < 4.78 is 27.6. The Labute approximate surface area is 126 Å². The number of hydrogen-bond donors (Lipinski definition) is 2. The Hall–Kier alpha value is -0.430. The molecule has 2 rings (SSSR count). The van der Waals surface area contributed by atoms with Crippen LogP contribution in [0.4, 0.5) is 0 Å². The van der Waals surface area contributed by atoms with Crippen molar-refractivity contribution in [3.05, 3.63) is 16.3 Å². The van der Waals surface area contributed by atoms with Crippen LogP contribution < -0.4 is 10.0 Å². The minimum atomic E-state index is -3.35. The minimum absolute atomic E-state index is 0.111. The monoisotopic (exact) mass is 316 g/mol. The zero-order valence-corrected chi connectivity index (χ0v) is 13.7. The van der Waals surface area contributed by atoms with Crippen molar-refractivity contribution >= 4 is 21.4 Å². The van der Waals surface area contributed by atoms with Crippen molar-refractivity contribution in [2.45, 2.75) is 62.9 Å². The first kappa shape index (κ1) is 15.9. The average molecular weight is 316 g/mol. The molecule has 1 aromatic heterocycles. The molecule has 1 heterocycles. The molecule has 0 aromatic carbocycles. The lowest BCUT2D eigenvalue weighted by molar-refractivity contribution is 0.510. The van der Waals surface area contributed by atoms with Gasteiger partial charge < -0.3 is 5.32 Å². The van der Waals surface area contributed by atoms with Gasteiger partial charge in [0.15, 0.2) is 0 Å². The van der Waals surface area contributed by atoms with Crippen molar-refractivity contribution in [2.75, 3.05) is 6.54 Å². The van der Waals surface area contributed by atoms with Gasteiger partial charge >= 0.3 is 0 Å². The summed E-state index contributed by atoms with van der Waals surface area (Å²) in [4.78, 5) is 1.48. The van der Waals surface area contributed by atoms with E-state index in [4.69, 9.17) is 0 Å². The molecule has 2 N–H and O–H groups in total. The van der Waals surface area contributed by atoms with E-state index in [-0.39, 0.29) is 6.04 Å². The van der Waals surface area contributed by atoms with Gasteiger partial charge in [-0.25, -0.2) is 13.1 Å². The smallest absolute Gasteiger partial charge is 0.241 e. The second-order valence-corrected chi connectivity index (χ2v) is 8.05. The number of rotatable bonds is 6. The van der Waals surface area contributed by atoms with Gasteiger partial charge in [-0.3, -0.25) is 0 Å². The fourth-order valence-corrected chi connectivity index (χ4v) is 5.08. The van der Waals surface area contributed by atoms with Gasteiger partial charge in [-0.2, -0.15) is 0 Å². The fraction of sp³-hybridized carbons (Fsp3) is 0.714. The summed E-state index contributed by atoms with van der Waals surface area (Å²) in [5.41, 5.74) is 0. The summed E-state index contributed by atoms with van der Waals surface area (Å²) in [5, 5.41) is 4.96. The Morgan fingerprint density at radius 2 is 1.95 bits per heavy atom. The zero-order chi connectivity index (χ0) is 14.4. The maximum absolute atomic E-state index is 12.4. The fourth-order valence-electron chi connectivity index (χ4n) is 2.53. The molecule has 0 spiro atoms. The molecule has 6 heteroatoms. The van der Waals surface area contributed by atoms with Crippen molar-refractivity contribution in [3.8, 4) is 0 Å². The molecule has 1 aromatic rings. The first-order valence-corrected chi connectivity index (χ1v) is 9.78. The van der Waals surface area contributed by atoms with Gasteiger partial charge in [0.1, 0.15) is 0 Å². The van der Waals surface area contributed by atoms with Gasteiger partial charge in [0.2, 0.25) is 10.0 Å². The van der Waals surface area contributed by atoms with Crippen LogP contribution in [0, 0.1) is 0 Å². The van der Waals surface area contributed by atoms with E-state index in [2.05, 4.69) is 10.0 Å². The topological polar surface area (TPSA) is 58.2 Å². The van der Waals surface area contributed by atoms with Crippen molar-refractivity contribution < 1.29 is 8.42 Å². The highest BCUT2D eigenvalue weighted by molar-refractivity contribution is 7.89. The molecule has 0 saturated heterocycles. The Morgan fingerprint density at radius 1 is 1.25 bits per heavy atom. The average Bonchev–Trinajstić information content (AvgIpc) is 2.76. The molecule has 20 heavy (non-hydrogen) atoms. The van der Waals surface area contributed by atoms with Crippen LogP contribution in [-0.2, 0) is 16.6 Å². The third kappa shape index (κ3) is 4.55. The first-order chi connectivity index (χ1) is 9.62. The van der Waals surface area contributed by atoms with E-state index in [9.17, 15) is 8.42 Å². The van der Waals surface area contributed by atoms with Crippen LogP contribution >= 0.6 is 11.3 Å². The molecule has 0 amide bonds. The molecular formula is C14H24N2O2S2. The van der Waals surface area contributed by atoms with Crippen LogP contribution in [0.15, 0.2) is 16.3 Å². The molecule has 114 valence electrons. The van der Waals surface area contributed by atoms with Crippen molar-refractivity contribution in [1.29, 1.82) is 0 Å². The molecule has 0 atom stereocenters. The third-order valence-electron chi connectivity index (χ3n) is 3.67. The van der Waals surface area contributed by atoms with E-state index in [0.717, 1.165) is 43.6 Å². The van der Waals surface area contributed by atoms with Crippen LogP contribution in [0.5, 0.6) is 0 Å².